The van der Waals surface area contributed by atoms with Crippen LogP contribution in [-0.4, -0.2) is 12.2 Å². The Balaban J connectivity index is 3.12. The summed E-state index contributed by atoms with van der Waals surface area (Å²) in [7, 11) is 1.55. The second-order valence-corrected chi connectivity index (χ2v) is 2.51. The summed E-state index contributed by atoms with van der Waals surface area (Å²) in [5.41, 5.74) is 11.7. The summed E-state index contributed by atoms with van der Waals surface area (Å²) < 4.78 is 4.95. The molecule has 0 fully saturated rings. The minimum Gasteiger partial charge on any atom is -0.506 e. The monoisotopic (exact) mass is 180 g/mol. The normalized spacial score (nSPS) is 11.3. The quantitative estimate of drug-likeness (QED) is 0.470. The van der Waals surface area contributed by atoms with Gasteiger partial charge in [0.05, 0.1) is 7.11 Å². The topological polar surface area (TPSA) is 81.5 Å². The van der Waals surface area contributed by atoms with Gasteiger partial charge in [0, 0.05) is 23.5 Å². The maximum atomic E-state index is 9.29. The van der Waals surface area contributed by atoms with Crippen molar-refractivity contribution in [2.24, 2.45) is 5.73 Å². The van der Waals surface area contributed by atoms with Crippen LogP contribution in [0.4, 0.5) is 5.69 Å². The van der Waals surface area contributed by atoms with Gasteiger partial charge < -0.3 is 21.3 Å². The van der Waals surface area contributed by atoms with E-state index in [-0.39, 0.29) is 5.76 Å². The first-order valence-corrected chi connectivity index (χ1v) is 3.73. The van der Waals surface area contributed by atoms with Crippen molar-refractivity contribution in [3.8, 4) is 5.75 Å². The van der Waals surface area contributed by atoms with Gasteiger partial charge in [0.15, 0.2) is 0 Å². The molecule has 0 bridgehead atoms. The van der Waals surface area contributed by atoms with E-state index in [0.29, 0.717) is 17.0 Å². The Kier molecular flexibility index (Phi) is 2.64. The van der Waals surface area contributed by atoms with Crippen LogP contribution in [0.15, 0.2) is 24.4 Å². The standard InChI is InChI=1S/C9H12N2O2/c1-13-6-2-3-7(8(11)4-6)9(12)5-10/h2-5,12H,10-11H2,1H3/b9-5+. The van der Waals surface area contributed by atoms with Crippen molar-refractivity contribution in [2.45, 2.75) is 0 Å². The zero-order chi connectivity index (χ0) is 9.84. The molecule has 0 spiro atoms. The molecule has 4 heteroatoms. The van der Waals surface area contributed by atoms with Crippen molar-refractivity contribution in [2.75, 3.05) is 12.8 Å². The van der Waals surface area contributed by atoms with Crippen LogP contribution in [0.1, 0.15) is 5.56 Å². The van der Waals surface area contributed by atoms with Crippen molar-refractivity contribution < 1.29 is 9.84 Å². The molecule has 1 aromatic rings. The lowest BCUT2D eigenvalue weighted by atomic mass is 10.1. The Bertz CT molecular complexity index is 334. The molecule has 1 rings (SSSR count). The first kappa shape index (κ1) is 9.25. The molecule has 0 unspecified atom stereocenters. The van der Waals surface area contributed by atoms with Crippen molar-refractivity contribution >= 4 is 11.4 Å². The SMILES string of the molecule is COc1ccc(/C(O)=C\N)c(N)c1. The number of hydrogen-bond donors (Lipinski definition) is 3. The van der Waals surface area contributed by atoms with Gasteiger partial charge in [-0.15, -0.1) is 0 Å². The van der Waals surface area contributed by atoms with Crippen LogP contribution < -0.4 is 16.2 Å². The Morgan fingerprint density at radius 3 is 2.69 bits per heavy atom. The number of anilines is 1. The minimum atomic E-state index is -0.0415. The molecule has 70 valence electrons. The maximum absolute atomic E-state index is 9.29. The number of nitrogen functional groups attached to an aromatic ring is 1. The molecule has 0 heterocycles. The van der Waals surface area contributed by atoms with E-state index >= 15 is 0 Å². The first-order chi connectivity index (χ1) is 6.19. The fraction of sp³-hybridized carbons (Fsp3) is 0.111. The molecule has 0 atom stereocenters. The highest BCUT2D eigenvalue weighted by atomic mass is 16.5. The van der Waals surface area contributed by atoms with E-state index in [0.717, 1.165) is 6.20 Å². The molecule has 13 heavy (non-hydrogen) atoms. The van der Waals surface area contributed by atoms with Gasteiger partial charge in [0.2, 0.25) is 0 Å². The smallest absolute Gasteiger partial charge is 0.140 e. The lowest BCUT2D eigenvalue weighted by Crippen LogP contribution is -1.96. The third kappa shape index (κ3) is 1.84. The Morgan fingerprint density at radius 1 is 1.54 bits per heavy atom. The van der Waals surface area contributed by atoms with E-state index < -0.39 is 0 Å². The van der Waals surface area contributed by atoms with Crippen molar-refractivity contribution in [3.05, 3.63) is 30.0 Å². The highest BCUT2D eigenvalue weighted by Crippen LogP contribution is 2.23. The highest BCUT2D eigenvalue weighted by Gasteiger charge is 2.04. The molecule has 4 nitrogen and oxygen atoms in total. The zero-order valence-corrected chi connectivity index (χ0v) is 7.32. The number of rotatable bonds is 2. The number of aliphatic hydroxyl groups is 1. The number of ether oxygens (including phenoxy) is 1. The van der Waals surface area contributed by atoms with Crippen LogP contribution in [0.3, 0.4) is 0 Å². The molecule has 0 amide bonds. The molecule has 0 radical (unpaired) electrons. The zero-order valence-electron chi connectivity index (χ0n) is 7.32. The molecular formula is C9H12N2O2. The van der Waals surface area contributed by atoms with Crippen LogP contribution in [0.2, 0.25) is 0 Å². The summed E-state index contributed by atoms with van der Waals surface area (Å²) in [4.78, 5) is 0. The number of benzene rings is 1. The predicted molar refractivity (Wildman–Crippen MR) is 52.2 cm³/mol. The van der Waals surface area contributed by atoms with Gasteiger partial charge in [-0.2, -0.15) is 0 Å². The highest BCUT2D eigenvalue weighted by molar-refractivity contribution is 5.71. The van der Waals surface area contributed by atoms with Crippen LogP contribution in [0, 0.1) is 0 Å². The number of hydrogen-bond acceptors (Lipinski definition) is 4. The van der Waals surface area contributed by atoms with Crippen LogP contribution in [0.5, 0.6) is 5.75 Å². The Hall–Kier alpha value is -1.84. The maximum Gasteiger partial charge on any atom is 0.140 e. The molecule has 1 aromatic carbocycles. The van der Waals surface area contributed by atoms with Crippen molar-refractivity contribution in [1.29, 1.82) is 0 Å². The summed E-state index contributed by atoms with van der Waals surface area (Å²) in [6, 6.07) is 4.97. The van der Waals surface area contributed by atoms with Crippen LogP contribution in [0.25, 0.3) is 5.76 Å². The summed E-state index contributed by atoms with van der Waals surface area (Å²) in [6.07, 6.45) is 1.10. The molecule has 5 N–H and O–H groups in total. The first-order valence-electron chi connectivity index (χ1n) is 3.73. The number of methoxy groups -OCH3 is 1. The third-order valence-electron chi connectivity index (χ3n) is 1.69. The van der Waals surface area contributed by atoms with Gasteiger partial charge in [-0.05, 0) is 12.1 Å². The molecule has 0 aliphatic carbocycles. The van der Waals surface area contributed by atoms with E-state index in [1.54, 1.807) is 25.3 Å². The summed E-state index contributed by atoms with van der Waals surface area (Å²) >= 11 is 0. The van der Waals surface area contributed by atoms with Gasteiger partial charge >= 0.3 is 0 Å². The number of nitrogens with two attached hydrogens (primary N) is 2. The molecule has 0 saturated carbocycles. The van der Waals surface area contributed by atoms with E-state index in [4.69, 9.17) is 16.2 Å². The second-order valence-electron chi connectivity index (χ2n) is 2.51. The van der Waals surface area contributed by atoms with E-state index in [1.165, 1.54) is 0 Å². The fourth-order valence-electron chi connectivity index (χ4n) is 0.991. The Labute approximate surface area is 76.4 Å². The Morgan fingerprint density at radius 2 is 2.23 bits per heavy atom. The third-order valence-corrected chi connectivity index (χ3v) is 1.69. The van der Waals surface area contributed by atoms with Gasteiger partial charge in [-0.3, -0.25) is 0 Å². The summed E-state index contributed by atoms with van der Waals surface area (Å²) in [5.74, 6) is 0.603. The average Bonchev–Trinajstić information content (AvgIpc) is 2.16. The number of aliphatic hydroxyl groups excluding tert-OH is 1. The van der Waals surface area contributed by atoms with Crippen molar-refractivity contribution in [1.82, 2.24) is 0 Å². The second kappa shape index (κ2) is 3.71. The van der Waals surface area contributed by atoms with Crippen molar-refractivity contribution in [3.63, 3.8) is 0 Å². The fourth-order valence-corrected chi connectivity index (χ4v) is 0.991. The van der Waals surface area contributed by atoms with Crippen LogP contribution in [-0.2, 0) is 0 Å². The lowest BCUT2D eigenvalue weighted by Gasteiger charge is -2.06. The molecular weight excluding hydrogens is 168 g/mol. The largest absolute Gasteiger partial charge is 0.506 e. The summed E-state index contributed by atoms with van der Waals surface area (Å²) in [5, 5.41) is 9.29. The summed E-state index contributed by atoms with van der Waals surface area (Å²) in [6.45, 7) is 0. The predicted octanol–water partition coefficient (Wildman–Crippen LogP) is 1.09. The molecule has 0 aliphatic rings. The molecule has 0 aliphatic heterocycles. The van der Waals surface area contributed by atoms with Gasteiger partial charge in [-0.1, -0.05) is 0 Å². The average molecular weight is 180 g/mol. The van der Waals surface area contributed by atoms with E-state index in [1.807, 2.05) is 0 Å². The van der Waals surface area contributed by atoms with E-state index in [9.17, 15) is 5.11 Å². The molecule has 0 aromatic heterocycles. The minimum absolute atomic E-state index is 0.0415. The lowest BCUT2D eigenvalue weighted by molar-refractivity contribution is 0.415. The van der Waals surface area contributed by atoms with Gasteiger partial charge in [-0.25, -0.2) is 0 Å². The molecule has 0 saturated heterocycles. The van der Waals surface area contributed by atoms with Gasteiger partial charge in [0.1, 0.15) is 11.5 Å². The van der Waals surface area contributed by atoms with E-state index in [2.05, 4.69) is 0 Å². The van der Waals surface area contributed by atoms with Gasteiger partial charge in [0.25, 0.3) is 0 Å². The van der Waals surface area contributed by atoms with Crippen LogP contribution >= 0.6 is 0 Å².